The van der Waals surface area contributed by atoms with Crippen LogP contribution >= 0.6 is 0 Å². The van der Waals surface area contributed by atoms with Crippen molar-refractivity contribution >= 4 is 28.6 Å². The zero-order chi connectivity index (χ0) is 15.2. The van der Waals surface area contributed by atoms with Crippen LogP contribution in [0.15, 0.2) is 38.9 Å². The van der Waals surface area contributed by atoms with E-state index in [9.17, 15) is 0 Å². The number of aromatic nitrogens is 1. The van der Waals surface area contributed by atoms with Crippen LogP contribution in [0.25, 0.3) is 11.0 Å². The highest BCUT2D eigenvalue weighted by Crippen LogP contribution is 2.40. The van der Waals surface area contributed by atoms with Crippen LogP contribution in [0.1, 0.15) is 32.1 Å². The van der Waals surface area contributed by atoms with Crippen molar-refractivity contribution in [3.63, 3.8) is 0 Å². The Balaban J connectivity index is 1.84. The van der Waals surface area contributed by atoms with E-state index in [4.69, 9.17) is 16.0 Å². The highest BCUT2D eigenvalue weighted by atomic mass is 16.5. The summed E-state index contributed by atoms with van der Waals surface area (Å²) >= 11 is 0. The van der Waals surface area contributed by atoms with Gasteiger partial charge in [0.15, 0.2) is 5.58 Å². The second kappa shape index (κ2) is 4.72. The SMILES string of the molecule is NC1=NC2(CCCCC2)N(c2ccc3cnoc3c2)C(N)=N1. The quantitative estimate of drug-likeness (QED) is 0.836. The van der Waals surface area contributed by atoms with Crippen LogP contribution in [-0.4, -0.2) is 22.7 Å². The summed E-state index contributed by atoms with van der Waals surface area (Å²) in [6.45, 7) is 0. The first-order valence-corrected chi connectivity index (χ1v) is 7.52. The second-order valence-electron chi connectivity index (χ2n) is 5.87. The van der Waals surface area contributed by atoms with Crippen molar-refractivity contribution in [1.29, 1.82) is 0 Å². The number of nitrogens with two attached hydrogens (primary N) is 2. The molecule has 0 atom stereocenters. The lowest BCUT2D eigenvalue weighted by Gasteiger charge is -2.45. The van der Waals surface area contributed by atoms with Gasteiger partial charge >= 0.3 is 0 Å². The Bertz CT molecular complexity index is 771. The fourth-order valence-electron chi connectivity index (χ4n) is 3.48. The molecule has 0 bridgehead atoms. The van der Waals surface area contributed by atoms with Gasteiger partial charge in [-0.25, -0.2) is 4.99 Å². The van der Waals surface area contributed by atoms with E-state index in [0.717, 1.165) is 42.3 Å². The second-order valence-corrected chi connectivity index (χ2v) is 5.87. The van der Waals surface area contributed by atoms with E-state index >= 15 is 0 Å². The topological polar surface area (TPSA) is 106 Å². The standard InChI is InChI=1S/C15H18N6O/c16-13-19-14(17)21(15(20-13)6-2-1-3-7-15)11-5-4-10-9-18-22-12(10)8-11/h4-5,8-9H,1-3,6-7H2,(H4,16,17,19,20). The van der Waals surface area contributed by atoms with E-state index < -0.39 is 5.66 Å². The first-order chi connectivity index (χ1) is 10.7. The van der Waals surface area contributed by atoms with Gasteiger partial charge in [0.25, 0.3) is 0 Å². The third kappa shape index (κ3) is 1.93. The van der Waals surface area contributed by atoms with Crippen LogP contribution < -0.4 is 16.4 Å². The zero-order valence-electron chi connectivity index (χ0n) is 12.2. The minimum Gasteiger partial charge on any atom is -0.369 e. The molecule has 4 rings (SSSR count). The minimum absolute atomic E-state index is 0.261. The molecule has 1 aromatic carbocycles. The van der Waals surface area contributed by atoms with Crippen molar-refractivity contribution in [2.24, 2.45) is 21.5 Å². The van der Waals surface area contributed by atoms with Gasteiger partial charge in [-0.05, 0) is 37.8 Å². The molecular formula is C15H18N6O. The highest BCUT2D eigenvalue weighted by Gasteiger charge is 2.42. The van der Waals surface area contributed by atoms with E-state index in [1.54, 1.807) is 6.20 Å². The van der Waals surface area contributed by atoms with Crippen molar-refractivity contribution in [1.82, 2.24) is 5.16 Å². The molecular weight excluding hydrogens is 280 g/mol. The van der Waals surface area contributed by atoms with Gasteiger partial charge in [-0.2, -0.15) is 4.99 Å². The van der Waals surface area contributed by atoms with Crippen LogP contribution in [0.5, 0.6) is 0 Å². The predicted octanol–water partition coefficient (Wildman–Crippen LogP) is 1.94. The molecule has 7 nitrogen and oxygen atoms in total. The van der Waals surface area contributed by atoms with E-state index in [1.807, 2.05) is 23.1 Å². The molecule has 0 radical (unpaired) electrons. The third-order valence-electron chi connectivity index (χ3n) is 4.45. The summed E-state index contributed by atoms with van der Waals surface area (Å²) in [4.78, 5) is 10.8. The van der Waals surface area contributed by atoms with Crippen LogP contribution in [0, 0.1) is 0 Å². The smallest absolute Gasteiger partial charge is 0.220 e. The lowest BCUT2D eigenvalue weighted by molar-refractivity contribution is 0.305. The Hall–Kier alpha value is -2.57. The van der Waals surface area contributed by atoms with Crippen LogP contribution in [0.2, 0.25) is 0 Å². The molecule has 4 N–H and O–H groups in total. The van der Waals surface area contributed by atoms with Crippen molar-refractivity contribution in [3.05, 3.63) is 24.4 Å². The minimum atomic E-state index is -0.429. The molecule has 1 spiro atoms. The molecule has 0 unspecified atom stereocenters. The number of hydrogen-bond donors (Lipinski definition) is 2. The summed E-state index contributed by atoms with van der Waals surface area (Å²) in [6.07, 6.45) is 6.94. The summed E-state index contributed by atoms with van der Waals surface area (Å²) in [5.41, 5.74) is 13.3. The average Bonchev–Trinajstić information content (AvgIpc) is 2.94. The van der Waals surface area contributed by atoms with Gasteiger partial charge in [0.05, 0.1) is 11.9 Å². The molecule has 2 heterocycles. The van der Waals surface area contributed by atoms with Gasteiger partial charge < -0.3 is 16.0 Å². The van der Waals surface area contributed by atoms with Gasteiger partial charge in [0.2, 0.25) is 11.9 Å². The maximum Gasteiger partial charge on any atom is 0.220 e. The van der Waals surface area contributed by atoms with E-state index in [0.29, 0.717) is 5.96 Å². The summed E-state index contributed by atoms with van der Waals surface area (Å²) in [7, 11) is 0. The number of rotatable bonds is 1. The number of benzene rings is 1. The monoisotopic (exact) mass is 298 g/mol. The van der Waals surface area contributed by atoms with Gasteiger partial charge in [-0.3, -0.25) is 4.90 Å². The molecule has 1 fully saturated rings. The Labute approximate surface area is 127 Å². The van der Waals surface area contributed by atoms with Gasteiger partial charge in [0.1, 0.15) is 5.66 Å². The van der Waals surface area contributed by atoms with E-state index in [-0.39, 0.29) is 5.96 Å². The van der Waals surface area contributed by atoms with Gasteiger partial charge in [-0.15, -0.1) is 0 Å². The fourth-order valence-corrected chi connectivity index (χ4v) is 3.48. The summed E-state index contributed by atoms with van der Waals surface area (Å²) in [5.74, 6) is 0.643. The molecule has 2 aliphatic rings. The molecule has 0 amide bonds. The van der Waals surface area contributed by atoms with Crippen molar-refractivity contribution in [3.8, 4) is 0 Å². The fraction of sp³-hybridized carbons (Fsp3) is 0.400. The van der Waals surface area contributed by atoms with Crippen molar-refractivity contribution in [2.75, 3.05) is 4.90 Å². The largest absolute Gasteiger partial charge is 0.369 e. The van der Waals surface area contributed by atoms with Crippen LogP contribution in [-0.2, 0) is 0 Å². The molecule has 7 heteroatoms. The Morgan fingerprint density at radius 3 is 2.77 bits per heavy atom. The van der Waals surface area contributed by atoms with Gasteiger partial charge in [-0.1, -0.05) is 11.6 Å². The lowest BCUT2D eigenvalue weighted by atomic mass is 9.87. The number of nitrogens with zero attached hydrogens (tertiary/aromatic N) is 4. The normalized spacial score (nSPS) is 21.0. The number of fused-ring (bicyclic) bond motifs is 1. The maximum absolute atomic E-state index is 6.20. The zero-order valence-corrected chi connectivity index (χ0v) is 12.2. The predicted molar refractivity (Wildman–Crippen MR) is 85.5 cm³/mol. The van der Waals surface area contributed by atoms with Gasteiger partial charge in [0, 0.05) is 11.5 Å². The lowest BCUT2D eigenvalue weighted by Crippen LogP contribution is -2.58. The first kappa shape index (κ1) is 13.1. The Morgan fingerprint density at radius 2 is 1.95 bits per heavy atom. The molecule has 0 saturated heterocycles. The number of hydrogen-bond acceptors (Lipinski definition) is 7. The summed E-state index contributed by atoms with van der Waals surface area (Å²) in [5, 5.41) is 4.78. The van der Waals surface area contributed by atoms with Crippen LogP contribution in [0.3, 0.4) is 0 Å². The first-order valence-electron chi connectivity index (χ1n) is 7.52. The number of anilines is 1. The van der Waals surface area contributed by atoms with Crippen molar-refractivity contribution in [2.45, 2.75) is 37.8 Å². The molecule has 2 aromatic rings. The Kier molecular flexibility index (Phi) is 2.82. The summed E-state index contributed by atoms with van der Waals surface area (Å²) < 4.78 is 5.26. The van der Waals surface area contributed by atoms with E-state index in [1.165, 1.54) is 6.42 Å². The van der Waals surface area contributed by atoms with Crippen molar-refractivity contribution < 1.29 is 4.52 Å². The molecule has 1 aliphatic heterocycles. The van der Waals surface area contributed by atoms with E-state index in [2.05, 4.69) is 15.1 Å². The number of guanidine groups is 2. The van der Waals surface area contributed by atoms with Crippen LogP contribution in [0.4, 0.5) is 5.69 Å². The molecule has 114 valence electrons. The Morgan fingerprint density at radius 1 is 1.14 bits per heavy atom. The summed E-state index contributed by atoms with van der Waals surface area (Å²) in [6, 6.07) is 5.89. The third-order valence-corrected chi connectivity index (χ3v) is 4.45. The average molecular weight is 298 g/mol. The highest BCUT2D eigenvalue weighted by molar-refractivity contribution is 6.06. The molecule has 22 heavy (non-hydrogen) atoms. The molecule has 1 aromatic heterocycles. The number of aliphatic imine (C=N–C) groups is 2. The maximum atomic E-state index is 6.20. The molecule has 1 saturated carbocycles. The molecule has 1 aliphatic carbocycles.